The highest BCUT2D eigenvalue weighted by Crippen LogP contribution is 2.40. The maximum Gasteiger partial charge on any atom is 0.338 e. The summed E-state index contributed by atoms with van der Waals surface area (Å²) in [5.74, 6) is 0.629. The van der Waals surface area contributed by atoms with E-state index >= 15 is 0 Å². The third kappa shape index (κ3) is 5.28. The van der Waals surface area contributed by atoms with Gasteiger partial charge in [-0.3, -0.25) is 4.79 Å². The molecular formula is C22H25NO6. The van der Waals surface area contributed by atoms with Crippen molar-refractivity contribution in [3.8, 4) is 17.2 Å². The SMILES string of the molecule is CCOC(=O)c1ccc(C)c(NC(=O)/C=C/c2ccc(OC)c(OC)c2OC)c1. The molecule has 0 aliphatic heterocycles. The molecule has 0 radical (unpaired) electrons. The van der Waals surface area contributed by atoms with Crippen LogP contribution in [0.1, 0.15) is 28.4 Å². The van der Waals surface area contributed by atoms with Crippen LogP contribution < -0.4 is 19.5 Å². The molecule has 0 aliphatic rings. The first-order valence-electron chi connectivity index (χ1n) is 9.00. The molecule has 0 atom stereocenters. The van der Waals surface area contributed by atoms with Crippen molar-refractivity contribution in [2.75, 3.05) is 33.3 Å². The molecule has 29 heavy (non-hydrogen) atoms. The molecule has 2 rings (SSSR count). The second-order valence-corrected chi connectivity index (χ2v) is 6.00. The molecule has 0 aliphatic carbocycles. The van der Waals surface area contributed by atoms with Crippen LogP contribution in [0.4, 0.5) is 5.69 Å². The maximum atomic E-state index is 12.4. The lowest BCUT2D eigenvalue weighted by Crippen LogP contribution is -2.11. The van der Waals surface area contributed by atoms with E-state index in [0.717, 1.165) is 5.56 Å². The number of methoxy groups -OCH3 is 3. The highest BCUT2D eigenvalue weighted by Gasteiger charge is 2.15. The molecule has 0 unspecified atom stereocenters. The fourth-order valence-electron chi connectivity index (χ4n) is 2.69. The number of carbonyl (C=O) groups is 2. The number of rotatable bonds is 8. The molecule has 0 aromatic heterocycles. The van der Waals surface area contributed by atoms with Crippen molar-refractivity contribution in [1.82, 2.24) is 0 Å². The first kappa shape index (κ1) is 21.8. The van der Waals surface area contributed by atoms with Gasteiger partial charge in [0.2, 0.25) is 11.7 Å². The minimum atomic E-state index is -0.436. The van der Waals surface area contributed by atoms with Crippen molar-refractivity contribution in [2.45, 2.75) is 13.8 Å². The normalized spacial score (nSPS) is 10.5. The summed E-state index contributed by atoms with van der Waals surface area (Å²) in [7, 11) is 4.56. The molecule has 0 bridgehead atoms. The van der Waals surface area contributed by atoms with E-state index in [1.165, 1.54) is 27.4 Å². The number of anilines is 1. The Hall–Kier alpha value is -3.48. The molecule has 154 valence electrons. The number of benzene rings is 2. The van der Waals surface area contributed by atoms with Gasteiger partial charge in [0.1, 0.15) is 0 Å². The zero-order valence-corrected chi connectivity index (χ0v) is 17.2. The van der Waals surface area contributed by atoms with E-state index in [-0.39, 0.29) is 12.5 Å². The van der Waals surface area contributed by atoms with Crippen molar-refractivity contribution in [2.24, 2.45) is 0 Å². The largest absolute Gasteiger partial charge is 0.493 e. The summed E-state index contributed by atoms with van der Waals surface area (Å²) in [6, 6.07) is 8.49. The Morgan fingerprint density at radius 3 is 2.34 bits per heavy atom. The second-order valence-electron chi connectivity index (χ2n) is 6.00. The quantitative estimate of drug-likeness (QED) is 0.536. The van der Waals surface area contributed by atoms with Crippen LogP contribution in [0.3, 0.4) is 0 Å². The summed E-state index contributed by atoms with van der Waals surface area (Å²) in [5, 5.41) is 2.78. The van der Waals surface area contributed by atoms with E-state index in [9.17, 15) is 9.59 Å². The van der Waals surface area contributed by atoms with Gasteiger partial charge in [0.05, 0.1) is 33.5 Å². The van der Waals surface area contributed by atoms with Crippen molar-refractivity contribution in [3.05, 3.63) is 53.1 Å². The Morgan fingerprint density at radius 2 is 1.72 bits per heavy atom. The van der Waals surface area contributed by atoms with Crippen molar-refractivity contribution in [3.63, 3.8) is 0 Å². The van der Waals surface area contributed by atoms with Gasteiger partial charge in [-0.05, 0) is 49.8 Å². The monoisotopic (exact) mass is 399 g/mol. The first-order valence-corrected chi connectivity index (χ1v) is 9.00. The minimum Gasteiger partial charge on any atom is -0.493 e. The molecule has 1 N–H and O–H groups in total. The number of amides is 1. The van der Waals surface area contributed by atoms with Gasteiger partial charge in [-0.15, -0.1) is 0 Å². The molecule has 0 fully saturated rings. The highest BCUT2D eigenvalue weighted by atomic mass is 16.5. The Morgan fingerprint density at radius 1 is 1.00 bits per heavy atom. The number of esters is 1. The summed E-state index contributed by atoms with van der Waals surface area (Å²) in [6.45, 7) is 3.86. The molecule has 7 nitrogen and oxygen atoms in total. The van der Waals surface area contributed by atoms with E-state index in [1.807, 2.05) is 6.92 Å². The minimum absolute atomic E-state index is 0.282. The number of aryl methyl sites for hydroxylation is 1. The zero-order valence-electron chi connectivity index (χ0n) is 17.2. The number of carbonyl (C=O) groups excluding carboxylic acids is 2. The van der Waals surface area contributed by atoms with Gasteiger partial charge in [-0.1, -0.05) is 6.07 Å². The molecule has 2 aromatic carbocycles. The average Bonchev–Trinajstić information content (AvgIpc) is 2.72. The summed E-state index contributed by atoms with van der Waals surface area (Å²) in [6.07, 6.45) is 2.99. The highest BCUT2D eigenvalue weighted by molar-refractivity contribution is 6.03. The third-order valence-corrected chi connectivity index (χ3v) is 4.16. The Kier molecular flexibility index (Phi) is 7.65. The summed E-state index contributed by atoms with van der Waals surface area (Å²) < 4.78 is 21.0. The van der Waals surface area contributed by atoms with Gasteiger partial charge in [0.25, 0.3) is 0 Å². The second kappa shape index (κ2) is 10.2. The fourth-order valence-corrected chi connectivity index (χ4v) is 2.69. The topological polar surface area (TPSA) is 83.1 Å². The van der Waals surface area contributed by atoms with E-state index in [0.29, 0.717) is 34.1 Å². The number of ether oxygens (including phenoxy) is 4. The fraction of sp³-hybridized carbons (Fsp3) is 0.273. The van der Waals surface area contributed by atoms with Gasteiger partial charge in [0, 0.05) is 17.3 Å². The van der Waals surface area contributed by atoms with Crippen LogP contribution in [-0.2, 0) is 9.53 Å². The van der Waals surface area contributed by atoms with Crippen molar-refractivity contribution < 1.29 is 28.5 Å². The van der Waals surface area contributed by atoms with E-state index in [4.69, 9.17) is 18.9 Å². The van der Waals surface area contributed by atoms with Crippen LogP contribution in [-0.4, -0.2) is 39.8 Å². The Bertz CT molecular complexity index is 920. The third-order valence-electron chi connectivity index (χ3n) is 4.16. The van der Waals surface area contributed by atoms with Crippen LogP contribution in [0.25, 0.3) is 6.08 Å². The van der Waals surface area contributed by atoms with E-state index in [2.05, 4.69) is 5.32 Å². The van der Waals surface area contributed by atoms with Crippen LogP contribution in [0.5, 0.6) is 17.2 Å². The smallest absolute Gasteiger partial charge is 0.338 e. The van der Waals surface area contributed by atoms with Gasteiger partial charge in [-0.25, -0.2) is 4.79 Å². The van der Waals surface area contributed by atoms with Crippen LogP contribution in [0.15, 0.2) is 36.4 Å². The summed E-state index contributed by atoms with van der Waals surface area (Å²) in [4.78, 5) is 24.3. The van der Waals surface area contributed by atoms with Gasteiger partial charge in [-0.2, -0.15) is 0 Å². The maximum absolute atomic E-state index is 12.4. The van der Waals surface area contributed by atoms with Gasteiger partial charge < -0.3 is 24.3 Å². The predicted octanol–water partition coefficient (Wildman–Crippen LogP) is 3.85. The molecule has 0 saturated carbocycles. The lowest BCUT2D eigenvalue weighted by Gasteiger charge is -2.14. The standard InChI is InChI=1S/C22H25NO6/c1-6-29-22(25)16-8-7-14(2)17(13-16)23-19(24)12-10-15-9-11-18(26-3)21(28-5)20(15)27-4/h7-13H,6H2,1-5H3,(H,23,24)/b12-10+. The summed E-state index contributed by atoms with van der Waals surface area (Å²) in [5.41, 5.74) is 2.38. The van der Waals surface area contributed by atoms with Crippen LogP contribution in [0.2, 0.25) is 0 Å². The van der Waals surface area contributed by atoms with Crippen LogP contribution >= 0.6 is 0 Å². The van der Waals surface area contributed by atoms with E-state index < -0.39 is 5.97 Å². The van der Waals surface area contributed by atoms with Gasteiger partial charge >= 0.3 is 5.97 Å². The summed E-state index contributed by atoms with van der Waals surface area (Å²) >= 11 is 0. The Labute approximate surface area is 170 Å². The molecule has 1 amide bonds. The van der Waals surface area contributed by atoms with E-state index in [1.54, 1.807) is 43.3 Å². The molecular weight excluding hydrogens is 374 g/mol. The lowest BCUT2D eigenvalue weighted by atomic mass is 10.1. The Balaban J connectivity index is 2.22. The average molecular weight is 399 g/mol. The number of nitrogens with one attached hydrogen (secondary N) is 1. The first-order chi connectivity index (χ1) is 13.9. The zero-order chi connectivity index (χ0) is 21.4. The van der Waals surface area contributed by atoms with Crippen molar-refractivity contribution in [1.29, 1.82) is 0 Å². The molecule has 0 saturated heterocycles. The number of hydrogen-bond donors (Lipinski definition) is 1. The molecule has 0 spiro atoms. The number of hydrogen-bond acceptors (Lipinski definition) is 6. The molecule has 2 aromatic rings. The molecule has 0 heterocycles. The predicted molar refractivity (Wildman–Crippen MR) is 111 cm³/mol. The molecule has 7 heteroatoms. The van der Waals surface area contributed by atoms with Gasteiger partial charge in [0.15, 0.2) is 11.5 Å². The van der Waals surface area contributed by atoms with Crippen molar-refractivity contribution >= 4 is 23.6 Å². The lowest BCUT2D eigenvalue weighted by molar-refractivity contribution is -0.111. The van der Waals surface area contributed by atoms with Crippen LogP contribution in [0, 0.1) is 6.92 Å².